The van der Waals surface area contributed by atoms with Gasteiger partial charge in [0, 0.05) is 6.54 Å². The minimum Gasteiger partial charge on any atom is -0.504 e. The van der Waals surface area contributed by atoms with E-state index >= 15 is 0 Å². The lowest BCUT2D eigenvalue weighted by molar-refractivity contribution is 0.0942. The van der Waals surface area contributed by atoms with Gasteiger partial charge in [0.15, 0.2) is 11.4 Å². The molecule has 2 aromatic rings. The van der Waals surface area contributed by atoms with Crippen molar-refractivity contribution in [3.63, 3.8) is 0 Å². The van der Waals surface area contributed by atoms with Gasteiger partial charge >= 0.3 is 0 Å². The van der Waals surface area contributed by atoms with Crippen LogP contribution in [0, 0.1) is 18.7 Å². The minimum absolute atomic E-state index is 0. The number of hydrogen-bond donors (Lipinski definition) is 3. The van der Waals surface area contributed by atoms with E-state index < -0.39 is 5.91 Å². The molecule has 3 rings (SSSR count). The molecule has 1 amide bonds. The second-order valence-corrected chi connectivity index (χ2v) is 6.50. The zero-order valence-electron chi connectivity index (χ0n) is 14.7. The molecule has 8 heteroatoms. The van der Waals surface area contributed by atoms with Crippen LogP contribution in [-0.2, 0) is 0 Å². The summed E-state index contributed by atoms with van der Waals surface area (Å²) in [6, 6.07) is 4.26. The normalized spacial score (nSPS) is 16.8. The Balaban J connectivity index is 0.00000243. The fourth-order valence-corrected chi connectivity index (χ4v) is 3.17. The van der Waals surface area contributed by atoms with Crippen LogP contribution >= 0.6 is 12.4 Å². The van der Waals surface area contributed by atoms with E-state index in [1.54, 1.807) is 13.0 Å². The largest absolute Gasteiger partial charge is 0.504 e. The van der Waals surface area contributed by atoms with Crippen LogP contribution in [0.1, 0.15) is 35.3 Å². The molecule has 0 bridgehead atoms. The fraction of sp³-hybridized carbons (Fsp3) is 0.444. The highest BCUT2D eigenvalue weighted by atomic mass is 35.5. The predicted molar refractivity (Wildman–Crippen MR) is 99.7 cm³/mol. The summed E-state index contributed by atoms with van der Waals surface area (Å²) in [5.41, 5.74) is 1.26. The molecule has 1 saturated heterocycles. The quantitative estimate of drug-likeness (QED) is 0.742. The number of carbonyl (C=O) groups is 1. The fourth-order valence-electron chi connectivity index (χ4n) is 3.17. The maximum atomic E-state index is 13.2. The molecule has 2 heterocycles. The monoisotopic (exact) mass is 382 g/mol. The molecule has 1 aliphatic rings. The molecule has 1 aromatic heterocycles. The summed E-state index contributed by atoms with van der Waals surface area (Å²) in [5, 5.41) is 20.3. The first kappa shape index (κ1) is 20.2. The van der Waals surface area contributed by atoms with Crippen LogP contribution in [0.2, 0.25) is 0 Å². The second-order valence-electron chi connectivity index (χ2n) is 6.50. The van der Waals surface area contributed by atoms with E-state index in [1.807, 2.05) is 0 Å². The molecule has 6 nitrogen and oxygen atoms in total. The molecule has 1 aromatic carbocycles. The number of nitrogens with zero attached hydrogens (tertiary/aromatic N) is 2. The number of halogens is 2. The molecule has 0 spiro atoms. The topological polar surface area (TPSA) is 79.2 Å². The number of rotatable bonds is 5. The molecular weight excluding hydrogens is 359 g/mol. The van der Waals surface area contributed by atoms with E-state index in [2.05, 4.69) is 15.7 Å². The number of aryl methyl sites for hydroxylation is 1. The van der Waals surface area contributed by atoms with E-state index in [0.717, 1.165) is 19.5 Å². The van der Waals surface area contributed by atoms with Crippen molar-refractivity contribution in [3.05, 3.63) is 41.5 Å². The average Bonchev–Trinajstić information content (AvgIpc) is 2.97. The first-order chi connectivity index (χ1) is 12.0. The molecular formula is C18H24ClFN4O2. The Morgan fingerprint density at radius 2 is 2.31 bits per heavy atom. The number of amides is 1. The number of benzene rings is 1. The third-order valence-electron chi connectivity index (χ3n) is 4.55. The van der Waals surface area contributed by atoms with Gasteiger partial charge in [0.1, 0.15) is 5.82 Å². The predicted octanol–water partition coefficient (Wildman–Crippen LogP) is 2.57. The van der Waals surface area contributed by atoms with E-state index in [0.29, 0.717) is 23.7 Å². The highest BCUT2D eigenvalue weighted by Crippen LogP contribution is 2.21. The first-order valence-electron chi connectivity index (χ1n) is 8.58. The number of aromatic hydroxyl groups is 1. The lowest BCUT2D eigenvalue weighted by atomic mass is 9.96. The average molecular weight is 383 g/mol. The van der Waals surface area contributed by atoms with Crippen molar-refractivity contribution >= 4 is 18.3 Å². The van der Waals surface area contributed by atoms with E-state index in [4.69, 9.17) is 0 Å². The molecule has 1 atom stereocenters. The number of nitrogens with one attached hydrogen (secondary N) is 2. The van der Waals surface area contributed by atoms with Crippen molar-refractivity contribution < 1.29 is 14.3 Å². The van der Waals surface area contributed by atoms with E-state index in [9.17, 15) is 14.3 Å². The maximum Gasteiger partial charge on any atom is 0.275 e. The molecule has 0 saturated carbocycles. The number of carbonyl (C=O) groups excluding carboxylic acids is 1. The smallest absolute Gasteiger partial charge is 0.275 e. The van der Waals surface area contributed by atoms with Gasteiger partial charge in [-0.05, 0) is 69.0 Å². The summed E-state index contributed by atoms with van der Waals surface area (Å²) in [5.74, 6) is -0.366. The lowest BCUT2D eigenvalue weighted by Crippen LogP contribution is -2.33. The molecule has 0 aliphatic carbocycles. The van der Waals surface area contributed by atoms with Gasteiger partial charge in [-0.25, -0.2) is 9.07 Å². The molecule has 26 heavy (non-hydrogen) atoms. The van der Waals surface area contributed by atoms with Crippen molar-refractivity contribution in [2.24, 2.45) is 5.92 Å². The van der Waals surface area contributed by atoms with Gasteiger partial charge in [-0.2, -0.15) is 5.10 Å². The second kappa shape index (κ2) is 9.00. The van der Waals surface area contributed by atoms with Gasteiger partial charge in [-0.15, -0.1) is 12.4 Å². The van der Waals surface area contributed by atoms with Gasteiger partial charge in [0.05, 0.1) is 11.9 Å². The molecule has 142 valence electrons. The minimum atomic E-state index is -0.403. The summed E-state index contributed by atoms with van der Waals surface area (Å²) < 4.78 is 14.6. The summed E-state index contributed by atoms with van der Waals surface area (Å²) in [7, 11) is 0. The van der Waals surface area contributed by atoms with Gasteiger partial charge in [-0.1, -0.05) is 0 Å². The van der Waals surface area contributed by atoms with Crippen LogP contribution in [0.15, 0.2) is 24.4 Å². The standard InChI is InChI=1S/C18H23FN4O2.ClH/c1-12-9-14(19)4-5-15(12)23-11-16(24)17(22-23)18(25)21-8-6-13-3-2-7-20-10-13;/h4-5,9,11,13,20,24H,2-3,6-8,10H2,1H3,(H,21,25);1H. The number of hydrogen-bond acceptors (Lipinski definition) is 4. The Labute approximate surface area is 158 Å². The van der Waals surface area contributed by atoms with Crippen LogP contribution in [0.5, 0.6) is 5.75 Å². The zero-order chi connectivity index (χ0) is 17.8. The highest BCUT2D eigenvalue weighted by molar-refractivity contribution is 5.94. The summed E-state index contributed by atoms with van der Waals surface area (Å²) in [6.45, 7) is 4.35. The van der Waals surface area contributed by atoms with Gasteiger partial charge < -0.3 is 15.7 Å². The van der Waals surface area contributed by atoms with Crippen molar-refractivity contribution in [1.82, 2.24) is 20.4 Å². The Bertz CT molecular complexity index is 760. The summed E-state index contributed by atoms with van der Waals surface area (Å²) >= 11 is 0. The summed E-state index contributed by atoms with van der Waals surface area (Å²) in [4.78, 5) is 12.3. The van der Waals surface area contributed by atoms with Crippen LogP contribution in [0.3, 0.4) is 0 Å². The van der Waals surface area contributed by atoms with Crippen molar-refractivity contribution in [2.75, 3.05) is 19.6 Å². The van der Waals surface area contributed by atoms with E-state index in [1.165, 1.54) is 35.9 Å². The van der Waals surface area contributed by atoms with Crippen LogP contribution in [0.4, 0.5) is 4.39 Å². The molecule has 3 N–H and O–H groups in total. The zero-order valence-corrected chi connectivity index (χ0v) is 15.5. The van der Waals surface area contributed by atoms with Gasteiger partial charge in [-0.3, -0.25) is 4.79 Å². The Hall–Kier alpha value is -2.12. The Morgan fingerprint density at radius 3 is 3.00 bits per heavy atom. The van der Waals surface area contributed by atoms with Crippen LogP contribution < -0.4 is 10.6 Å². The number of piperidine rings is 1. The van der Waals surface area contributed by atoms with Crippen LogP contribution in [0.25, 0.3) is 5.69 Å². The van der Waals surface area contributed by atoms with Crippen LogP contribution in [-0.4, -0.2) is 40.4 Å². The third-order valence-corrected chi connectivity index (χ3v) is 4.55. The Kier molecular flexibility index (Phi) is 6.99. The van der Waals surface area contributed by atoms with Gasteiger partial charge in [0.25, 0.3) is 5.91 Å². The van der Waals surface area contributed by atoms with Gasteiger partial charge in [0.2, 0.25) is 0 Å². The Morgan fingerprint density at radius 1 is 1.50 bits per heavy atom. The first-order valence-corrected chi connectivity index (χ1v) is 8.58. The van der Waals surface area contributed by atoms with Crippen molar-refractivity contribution in [3.8, 4) is 11.4 Å². The molecule has 0 radical (unpaired) electrons. The van der Waals surface area contributed by atoms with Crippen molar-refractivity contribution in [2.45, 2.75) is 26.2 Å². The highest BCUT2D eigenvalue weighted by Gasteiger charge is 2.19. The molecule has 1 unspecified atom stereocenters. The van der Waals surface area contributed by atoms with Crippen molar-refractivity contribution in [1.29, 1.82) is 0 Å². The lowest BCUT2D eigenvalue weighted by Gasteiger charge is -2.22. The SMILES string of the molecule is Cc1cc(F)ccc1-n1cc(O)c(C(=O)NCCC2CCCNC2)n1.Cl. The third kappa shape index (κ3) is 4.74. The number of aromatic nitrogens is 2. The molecule has 1 fully saturated rings. The van der Waals surface area contributed by atoms with E-state index in [-0.39, 0.29) is 29.7 Å². The summed E-state index contributed by atoms with van der Waals surface area (Å²) in [6.07, 6.45) is 4.60. The maximum absolute atomic E-state index is 13.2. The molecule has 1 aliphatic heterocycles.